The lowest BCUT2D eigenvalue weighted by Gasteiger charge is -2.13. The van der Waals surface area contributed by atoms with Crippen molar-refractivity contribution >= 4 is 0 Å². The molecule has 0 aliphatic heterocycles. The molecule has 0 unspecified atom stereocenters. The largest absolute Gasteiger partial charge is 0.497 e. The highest BCUT2D eigenvalue weighted by Gasteiger charge is 2.07. The van der Waals surface area contributed by atoms with Gasteiger partial charge in [0.15, 0.2) is 0 Å². The minimum Gasteiger partial charge on any atom is -0.497 e. The number of ether oxygens (including phenoxy) is 1. The Labute approximate surface area is 115 Å². The molecule has 0 amide bonds. The van der Waals surface area contributed by atoms with Gasteiger partial charge in [-0.05, 0) is 36.1 Å². The molecule has 0 saturated carbocycles. The van der Waals surface area contributed by atoms with Crippen molar-refractivity contribution in [3.05, 3.63) is 78.4 Å². The predicted octanol–water partition coefficient (Wildman–Crippen LogP) is 4.60. The van der Waals surface area contributed by atoms with E-state index in [1.807, 2.05) is 18.2 Å². The van der Waals surface area contributed by atoms with Crippen LogP contribution in [0.1, 0.15) is 23.5 Å². The third-order valence-electron chi connectivity index (χ3n) is 3.42. The van der Waals surface area contributed by atoms with Gasteiger partial charge in [-0.25, -0.2) is 0 Å². The number of hydrogen-bond acceptors (Lipinski definition) is 1. The van der Waals surface area contributed by atoms with Crippen molar-refractivity contribution < 1.29 is 4.74 Å². The average molecular weight is 252 g/mol. The maximum atomic E-state index is 5.19. The summed E-state index contributed by atoms with van der Waals surface area (Å²) in [5.74, 6) is 1.29. The molecule has 2 rings (SSSR count). The van der Waals surface area contributed by atoms with Crippen molar-refractivity contribution in [2.45, 2.75) is 18.8 Å². The van der Waals surface area contributed by atoms with E-state index in [-0.39, 0.29) is 0 Å². The molecule has 0 spiro atoms. The van der Waals surface area contributed by atoms with Crippen molar-refractivity contribution in [3.8, 4) is 5.75 Å². The number of allylic oxidation sites excluding steroid dienone is 1. The Balaban J connectivity index is 2.01. The molecule has 0 N–H and O–H groups in total. The maximum absolute atomic E-state index is 5.19. The molecule has 0 saturated heterocycles. The maximum Gasteiger partial charge on any atom is 0.118 e. The van der Waals surface area contributed by atoms with Crippen molar-refractivity contribution in [1.29, 1.82) is 0 Å². The third-order valence-corrected chi connectivity index (χ3v) is 3.42. The number of rotatable bonds is 6. The normalized spacial score (nSPS) is 11.8. The van der Waals surface area contributed by atoms with Crippen LogP contribution in [0.4, 0.5) is 0 Å². The average Bonchev–Trinajstić information content (AvgIpc) is 2.49. The van der Waals surface area contributed by atoms with Gasteiger partial charge in [0.2, 0.25) is 0 Å². The fourth-order valence-electron chi connectivity index (χ4n) is 2.24. The molecule has 0 bridgehead atoms. The van der Waals surface area contributed by atoms with Crippen LogP contribution in [-0.2, 0) is 6.42 Å². The first-order valence-electron chi connectivity index (χ1n) is 6.64. The van der Waals surface area contributed by atoms with Gasteiger partial charge in [-0.3, -0.25) is 0 Å². The topological polar surface area (TPSA) is 9.23 Å². The van der Waals surface area contributed by atoms with Gasteiger partial charge in [0.1, 0.15) is 5.75 Å². The zero-order chi connectivity index (χ0) is 13.5. The number of methoxy groups -OCH3 is 1. The second-order valence-electron chi connectivity index (χ2n) is 4.64. The predicted molar refractivity (Wildman–Crippen MR) is 80.7 cm³/mol. The molecule has 0 radical (unpaired) electrons. The first-order valence-corrected chi connectivity index (χ1v) is 6.64. The third kappa shape index (κ3) is 3.72. The first kappa shape index (κ1) is 13.4. The van der Waals surface area contributed by atoms with Gasteiger partial charge in [0.25, 0.3) is 0 Å². The first-order chi connectivity index (χ1) is 9.33. The van der Waals surface area contributed by atoms with Gasteiger partial charge in [-0.1, -0.05) is 48.5 Å². The van der Waals surface area contributed by atoms with Crippen LogP contribution in [-0.4, -0.2) is 7.11 Å². The van der Waals surface area contributed by atoms with Gasteiger partial charge >= 0.3 is 0 Å². The molecule has 0 aromatic heterocycles. The number of aryl methyl sites for hydroxylation is 1. The lowest BCUT2D eigenvalue weighted by Crippen LogP contribution is -1.98. The summed E-state index contributed by atoms with van der Waals surface area (Å²) in [5.41, 5.74) is 2.68. The van der Waals surface area contributed by atoms with E-state index in [2.05, 4.69) is 49.0 Å². The summed E-state index contributed by atoms with van der Waals surface area (Å²) in [6, 6.07) is 18.8. The van der Waals surface area contributed by atoms with Crippen LogP contribution < -0.4 is 4.74 Å². The Hall–Kier alpha value is -2.02. The molecule has 2 aromatic carbocycles. The fraction of sp³-hybridized carbons (Fsp3) is 0.222. The summed E-state index contributed by atoms with van der Waals surface area (Å²) in [4.78, 5) is 0. The summed E-state index contributed by atoms with van der Waals surface area (Å²) < 4.78 is 5.19. The van der Waals surface area contributed by atoms with E-state index in [1.54, 1.807) is 7.11 Å². The number of hydrogen-bond donors (Lipinski definition) is 0. The van der Waals surface area contributed by atoms with Crippen molar-refractivity contribution in [2.24, 2.45) is 0 Å². The lowest BCUT2D eigenvalue weighted by atomic mass is 9.92. The van der Waals surface area contributed by atoms with Gasteiger partial charge in [0, 0.05) is 5.92 Å². The zero-order valence-corrected chi connectivity index (χ0v) is 11.4. The van der Waals surface area contributed by atoms with Crippen molar-refractivity contribution in [1.82, 2.24) is 0 Å². The van der Waals surface area contributed by atoms with Crippen LogP contribution in [0.15, 0.2) is 67.3 Å². The van der Waals surface area contributed by atoms with Gasteiger partial charge in [-0.2, -0.15) is 0 Å². The molecule has 1 nitrogen and oxygen atoms in total. The fourth-order valence-corrected chi connectivity index (χ4v) is 2.24. The second kappa shape index (κ2) is 6.79. The van der Waals surface area contributed by atoms with E-state index in [1.165, 1.54) is 11.1 Å². The SMILES string of the molecule is C=C[C@@H](CCc1ccccc1)c1ccc(OC)cc1. The van der Waals surface area contributed by atoms with E-state index in [0.717, 1.165) is 18.6 Å². The van der Waals surface area contributed by atoms with E-state index in [4.69, 9.17) is 4.74 Å². The molecule has 19 heavy (non-hydrogen) atoms. The van der Waals surface area contributed by atoms with Crippen LogP contribution in [0.5, 0.6) is 5.75 Å². The van der Waals surface area contributed by atoms with E-state index >= 15 is 0 Å². The summed E-state index contributed by atoms with van der Waals surface area (Å²) in [6.45, 7) is 3.96. The molecule has 2 aromatic rings. The van der Waals surface area contributed by atoms with Crippen LogP contribution in [0.3, 0.4) is 0 Å². The molecule has 1 heteroatoms. The van der Waals surface area contributed by atoms with Crippen LogP contribution >= 0.6 is 0 Å². The Bertz CT molecular complexity index is 499. The van der Waals surface area contributed by atoms with E-state index in [9.17, 15) is 0 Å². The molecular formula is C18H20O. The molecule has 0 aliphatic carbocycles. The van der Waals surface area contributed by atoms with Crippen molar-refractivity contribution in [3.63, 3.8) is 0 Å². The zero-order valence-electron chi connectivity index (χ0n) is 11.4. The monoisotopic (exact) mass is 252 g/mol. The lowest BCUT2D eigenvalue weighted by molar-refractivity contribution is 0.414. The molecule has 98 valence electrons. The highest BCUT2D eigenvalue weighted by Crippen LogP contribution is 2.24. The summed E-state index contributed by atoms with van der Waals surface area (Å²) in [6.07, 6.45) is 4.19. The van der Waals surface area contributed by atoms with Crippen LogP contribution in [0, 0.1) is 0 Å². The van der Waals surface area contributed by atoms with E-state index < -0.39 is 0 Å². The van der Waals surface area contributed by atoms with E-state index in [0.29, 0.717) is 5.92 Å². The Kier molecular flexibility index (Phi) is 4.79. The molecule has 0 heterocycles. The highest BCUT2D eigenvalue weighted by atomic mass is 16.5. The Morgan fingerprint density at radius 3 is 2.32 bits per heavy atom. The minimum absolute atomic E-state index is 0.395. The van der Waals surface area contributed by atoms with Crippen molar-refractivity contribution in [2.75, 3.05) is 7.11 Å². The van der Waals surface area contributed by atoms with Gasteiger partial charge < -0.3 is 4.74 Å². The highest BCUT2D eigenvalue weighted by molar-refractivity contribution is 5.31. The molecule has 0 fully saturated rings. The van der Waals surface area contributed by atoms with Gasteiger partial charge in [-0.15, -0.1) is 6.58 Å². The van der Waals surface area contributed by atoms with Crippen LogP contribution in [0.2, 0.25) is 0 Å². The summed E-state index contributed by atoms with van der Waals surface area (Å²) >= 11 is 0. The standard InChI is InChI=1S/C18H20O/c1-3-16(10-9-15-7-5-4-6-8-15)17-11-13-18(19-2)14-12-17/h3-8,11-14,16H,1,9-10H2,2H3/t16-/m0/s1. The molecular weight excluding hydrogens is 232 g/mol. The van der Waals surface area contributed by atoms with Crippen LogP contribution in [0.25, 0.3) is 0 Å². The Morgan fingerprint density at radius 2 is 1.74 bits per heavy atom. The summed E-state index contributed by atoms with van der Waals surface area (Å²) in [5, 5.41) is 0. The quantitative estimate of drug-likeness (QED) is 0.683. The smallest absolute Gasteiger partial charge is 0.118 e. The number of benzene rings is 2. The molecule has 0 aliphatic rings. The summed E-state index contributed by atoms with van der Waals surface area (Å²) in [7, 11) is 1.69. The minimum atomic E-state index is 0.395. The Morgan fingerprint density at radius 1 is 1.05 bits per heavy atom. The molecule has 1 atom stereocenters. The van der Waals surface area contributed by atoms with Gasteiger partial charge in [0.05, 0.1) is 7.11 Å². The second-order valence-corrected chi connectivity index (χ2v) is 4.64.